The molecule has 1 aliphatic rings. The van der Waals surface area contributed by atoms with Crippen LogP contribution in [0.15, 0.2) is 42.5 Å². The predicted molar refractivity (Wildman–Crippen MR) is 116 cm³/mol. The van der Waals surface area contributed by atoms with Crippen molar-refractivity contribution >= 4 is 29.1 Å². The van der Waals surface area contributed by atoms with Gasteiger partial charge < -0.3 is 15.0 Å². The topological polar surface area (TPSA) is 58.6 Å². The molecule has 29 heavy (non-hydrogen) atoms. The van der Waals surface area contributed by atoms with Gasteiger partial charge in [0.05, 0.1) is 0 Å². The zero-order valence-electron chi connectivity index (χ0n) is 16.9. The maximum Gasteiger partial charge on any atom is 0.262 e. The highest BCUT2D eigenvalue weighted by Gasteiger charge is 2.20. The molecule has 1 saturated carbocycles. The molecule has 0 unspecified atom stereocenters. The smallest absolute Gasteiger partial charge is 0.262 e. The molecule has 1 aliphatic carbocycles. The van der Waals surface area contributed by atoms with Crippen LogP contribution in [0.5, 0.6) is 5.75 Å². The van der Waals surface area contributed by atoms with E-state index in [4.69, 9.17) is 16.3 Å². The number of carbonyl (C=O) groups is 2. The maximum absolute atomic E-state index is 12.3. The molecule has 2 amide bonds. The average Bonchev–Trinajstić information content (AvgIpc) is 2.73. The molecule has 154 valence electrons. The maximum atomic E-state index is 12.3. The van der Waals surface area contributed by atoms with Crippen LogP contribution in [0.3, 0.4) is 0 Å². The van der Waals surface area contributed by atoms with E-state index in [1.54, 1.807) is 44.4 Å². The van der Waals surface area contributed by atoms with Crippen molar-refractivity contribution in [3.63, 3.8) is 0 Å². The fourth-order valence-corrected chi connectivity index (χ4v) is 3.86. The van der Waals surface area contributed by atoms with E-state index in [0.29, 0.717) is 22.2 Å². The van der Waals surface area contributed by atoms with Crippen molar-refractivity contribution in [2.45, 2.75) is 38.0 Å². The Labute approximate surface area is 177 Å². The zero-order valence-corrected chi connectivity index (χ0v) is 17.7. The first-order valence-corrected chi connectivity index (χ1v) is 10.4. The first-order valence-electron chi connectivity index (χ1n) is 9.98. The molecular formula is C23H27ClN2O3. The molecule has 3 rings (SSSR count). The highest BCUT2D eigenvalue weighted by Crippen LogP contribution is 2.38. The number of rotatable bonds is 6. The minimum Gasteiger partial charge on any atom is -0.483 e. The van der Waals surface area contributed by atoms with Gasteiger partial charge in [-0.3, -0.25) is 9.59 Å². The Morgan fingerprint density at radius 3 is 2.41 bits per heavy atom. The lowest BCUT2D eigenvalue weighted by Gasteiger charge is -2.24. The number of benzene rings is 2. The van der Waals surface area contributed by atoms with Crippen LogP contribution < -0.4 is 10.1 Å². The first-order chi connectivity index (χ1) is 13.9. The molecule has 1 fully saturated rings. The first kappa shape index (κ1) is 21.2. The fourth-order valence-electron chi connectivity index (χ4n) is 3.68. The van der Waals surface area contributed by atoms with Gasteiger partial charge in [-0.1, -0.05) is 30.9 Å². The number of hydrogen-bond donors (Lipinski definition) is 1. The highest BCUT2D eigenvalue weighted by molar-refractivity contribution is 6.30. The van der Waals surface area contributed by atoms with E-state index in [-0.39, 0.29) is 18.4 Å². The van der Waals surface area contributed by atoms with Gasteiger partial charge in [-0.05, 0) is 66.8 Å². The standard InChI is InChI=1S/C23H27ClN2O3/c1-26(2)23(28)17-8-11-19(12-9-17)25-22(27)15-29-21-13-10-18(24)14-20(21)16-6-4-3-5-7-16/h8-14,16H,3-7,15H2,1-2H3,(H,25,27). The summed E-state index contributed by atoms with van der Waals surface area (Å²) in [5.74, 6) is 0.830. The van der Waals surface area contributed by atoms with Crippen LogP contribution in [0.25, 0.3) is 0 Å². The minimum atomic E-state index is -0.249. The molecular weight excluding hydrogens is 388 g/mol. The summed E-state index contributed by atoms with van der Waals surface area (Å²) in [6.45, 7) is -0.0836. The number of hydrogen-bond acceptors (Lipinski definition) is 3. The second kappa shape index (κ2) is 9.79. The van der Waals surface area contributed by atoms with E-state index in [0.717, 1.165) is 24.2 Å². The molecule has 2 aromatic carbocycles. The van der Waals surface area contributed by atoms with Crippen molar-refractivity contribution in [2.75, 3.05) is 26.0 Å². The molecule has 0 aliphatic heterocycles. The molecule has 0 saturated heterocycles. The van der Waals surface area contributed by atoms with Crippen LogP contribution in [0.1, 0.15) is 53.9 Å². The number of nitrogens with zero attached hydrogens (tertiary/aromatic N) is 1. The lowest BCUT2D eigenvalue weighted by atomic mass is 9.84. The molecule has 0 bridgehead atoms. The number of anilines is 1. The number of ether oxygens (including phenoxy) is 1. The number of nitrogens with one attached hydrogen (secondary N) is 1. The summed E-state index contributed by atoms with van der Waals surface area (Å²) >= 11 is 6.20. The van der Waals surface area contributed by atoms with E-state index in [1.807, 2.05) is 12.1 Å². The summed E-state index contributed by atoms with van der Waals surface area (Å²) in [4.78, 5) is 25.8. The van der Waals surface area contributed by atoms with Gasteiger partial charge >= 0.3 is 0 Å². The van der Waals surface area contributed by atoms with E-state index < -0.39 is 0 Å². The van der Waals surface area contributed by atoms with Gasteiger partial charge in [-0.25, -0.2) is 0 Å². The third kappa shape index (κ3) is 5.73. The molecule has 5 nitrogen and oxygen atoms in total. The van der Waals surface area contributed by atoms with Gasteiger partial charge in [0.15, 0.2) is 6.61 Å². The zero-order chi connectivity index (χ0) is 20.8. The molecule has 0 atom stereocenters. The predicted octanol–water partition coefficient (Wildman–Crippen LogP) is 5.11. The number of amides is 2. The van der Waals surface area contributed by atoms with Gasteiger partial charge in [0.1, 0.15) is 5.75 Å². The van der Waals surface area contributed by atoms with Crippen molar-refractivity contribution < 1.29 is 14.3 Å². The van der Waals surface area contributed by atoms with E-state index in [1.165, 1.54) is 24.2 Å². The molecule has 2 aromatic rings. The summed E-state index contributed by atoms with van der Waals surface area (Å²) in [5, 5.41) is 3.49. The van der Waals surface area contributed by atoms with Gasteiger partial charge in [-0.2, -0.15) is 0 Å². The molecule has 0 radical (unpaired) electrons. The van der Waals surface area contributed by atoms with E-state index >= 15 is 0 Å². The average molecular weight is 415 g/mol. The lowest BCUT2D eigenvalue weighted by molar-refractivity contribution is -0.118. The Bertz CT molecular complexity index is 859. The monoisotopic (exact) mass is 414 g/mol. The van der Waals surface area contributed by atoms with Crippen molar-refractivity contribution in [1.29, 1.82) is 0 Å². The quantitative estimate of drug-likeness (QED) is 0.714. The third-order valence-electron chi connectivity index (χ3n) is 5.20. The molecule has 1 N–H and O–H groups in total. The number of halogens is 1. The van der Waals surface area contributed by atoms with Crippen LogP contribution in [-0.4, -0.2) is 37.4 Å². The van der Waals surface area contributed by atoms with Crippen molar-refractivity contribution in [1.82, 2.24) is 4.90 Å². The Morgan fingerprint density at radius 1 is 1.07 bits per heavy atom. The summed E-state index contributed by atoms with van der Waals surface area (Å²) < 4.78 is 5.84. The summed E-state index contributed by atoms with van der Waals surface area (Å²) in [6, 6.07) is 12.4. The Balaban J connectivity index is 1.60. The highest BCUT2D eigenvalue weighted by atomic mass is 35.5. The van der Waals surface area contributed by atoms with Gasteiger partial charge in [-0.15, -0.1) is 0 Å². The fraction of sp³-hybridized carbons (Fsp3) is 0.391. The normalized spacial score (nSPS) is 14.3. The van der Waals surface area contributed by atoms with Crippen LogP contribution in [0.2, 0.25) is 5.02 Å². The molecule has 0 heterocycles. The second-order valence-electron chi connectivity index (χ2n) is 7.63. The number of carbonyl (C=O) groups excluding carboxylic acids is 2. The lowest BCUT2D eigenvalue weighted by Crippen LogP contribution is -2.22. The van der Waals surface area contributed by atoms with Gasteiger partial charge in [0.25, 0.3) is 11.8 Å². The Morgan fingerprint density at radius 2 is 1.76 bits per heavy atom. The van der Waals surface area contributed by atoms with Crippen molar-refractivity contribution in [3.05, 3.63) is 58.6 Å². The summed E-state index contributed by atoms with van der Waals surface area (Å²) in [6.07, 6.45) is 5.95. The van der Waals surface area contributed by atoms with E-state index in [2.05, 4.69) is 5.32 Å². The van der Waals surface area contributed by atoms with Crippen LogP contribution in [-0.2, 0) is 4.79 Å². The minimum absolute atomic E-state index is 0.0795. The van der Waals surface area contributed by atoms with Crippen LogP contribution >= 0.6 is 11.6 Å². The van der Waals surface area contributed by atoms with Gasteiger partial charge in [0.2, 0.25) is 0 Å². The van der Waals surface area contributed by atoms with Crippen molar-refractivity contribution in [3.8, 4) is 5.75 Å². The summed E-state index contributed by atoms with van der Waals surface area (Å²) in [7, 11) is 3.40. The Kier molecular flexibility index (Phi) is 7.15. The third-order valence-corrected chi connectivity index (χ3v) is 5.43. The molecule has 6 heteroatoms. The largest absolute Gasteiger partial charge is 0.483 e. The summed E-state index contributed by atoms with van der Waals surface area (Å²) in [5.41, 5.74) is 2.29. The van der Waals surface area contributed by atoms with E-state index in [9.17, 15) is 9.59 Å². The van der Waals surface area contributed by atoms with Crippen LogP contribution in [0.4, 0.5) is 5.69 Å². The molecule has 0 spiro atoms. The SMILES string of the molecule is CN(C)C(=O)c1ccc(NC(=O)COc2ccc(Cl)cc2C2CCCCC2)cc1. The van der Waals surface area contributed by atoms with Crippen LogP contribution in [0, 0.1) is 0 Å². The Hall–Kier alpha value is -2.53. The van der Waals surface area contributed by atoms with Gasteiger partial charge in [0, 0.05) is 30.4 Å². The molecule has 0 aromatic heterocycles. The van der Waals surface area contributed by atoms with Crippen molar-refractivity contribution in [2.24, 2.45) is 0 Å². The second-order valence-corrected chi connectivity index (χ2v) is 8.07.